The lowest BCUT2D eigenvalue weighted by Crippen LogP contribution is -2.20. The van der Waals surface area contributed by atoms with E-state index in [1.807, 2.05) is 0 Å². The number of hydrogen-bond acceptors (Lipinski definition) is 2. The van der Waals surface area contributed by atoms with Crippen molar-refractivity contribution < 1.29 is 27.5 Å². The summed E-state index contributed by atoms with van der Waals surface area (Å²) in [5, 5.41) is 8.36. The number of fused-ring (bicyclic) bond motifs is 1. The van der Waals surface area contributed by atoms with E-state index in [0.29, 0.717) is 22.9 Å². The molecule has 1 aliphatic rings. The number of halogens is 4. The van der Waals surface area contributed by atoms with Gasteiger partial charge in [-0.2, -0.15) is 0 Å². The summed E-state index contributed by atoms with van der Waals surface area (Å²) in [4.78, 5) is 22.9. The second-order valence-corrected chi connectivity index (χ2v) is 4.85. The highest BCUT2D eigenvalue weighted by Gasteiger charge is 2.58. The number of alkyl halides is 2. The van der Waals surface area contributed by atoms with E-state index in [9.17, 15) is 27.2 Å². The molecule has 4 nitrogen and oxygen atoms in total. The average Bonchev–Trinajstić information content (AvgIpc) is 2.99. The summed E-state index contributed by atoms with van der Waals surface area (Å²) in [6.45, 7) is 0. The first-order chi connectivity index (χ1) is 9.72. The van der Waals surface area contributed by atoms with E-state index in [2.05, 4.69) is 0 Å². The number of hydrogen-bond donors (Lipinski definition) is 1. The van der Waals surface area contributed by atoms with Gasteiger partial charge < -0.3 is 9.67 Å². The number of carboxylic acids is 1. The zero-order chi connectivity index (χ0) is 15.5. The Bertz CT molecular complexity index is 843. The third-order valence-electron chi connectivity index (χ3n) is 3.40. The van der Waals surface area contributed by atoms with E-state index < -0.39 is 57.9 Å². The van der Waals surface area contributed by atoms with E-state index in [-0.39, 0.29) is 0 Å². The van der Waals surface area contributed by atoms with Gasteiger partial charge in [-0.25, -0.2) is 22.4 Å². The molecule has 3 rings (SSSR count). The average molecular weight is 301 g/mol. The molecule has 1 N–H and O–H groups in total. The van der Waals surface area contributed by atoms with Crippen molar-refractivity contribution >= 4 is 16.9 Å². The number of carboxylic acid groups (broad SMARTS) is 1. The van der Waals surface area contributed by atoms with Crippen molar-refractivity contribution in [1.82, 2.24) is 4.57 Å². The lowest BCUT2D eigenvalue weighted by atomic mass is 10.1. The number of carbonyl (C=O) groups is 1. The Morgan fingerprint density at radius 2 is 1.95 bits per heavy atom. The summed E-state index contributed by atoms with van der Waals surface area (Å²) in [6.07, 6.45) is 0.0837. The van der Waals surface area contributed by atoms with Crippen LogP contribution in [-0.4, -0.2) is 21.6 Å². The smallest absolute Gasteiger partial charge is 0.341 e. The van der Waals surface area contributed by atoms with Gasteiger partial charge in [-0.15, -0.1) is 0 Å². The van der Waals surface area contributed by atoms with Crippen molar-refractivity contribution in [3.05, 3.63) is 45.8 Å². The van der Waals surface area contributed by atoms with Crippen LogP contribution in [-0.2, 0) is 0 Å². The second-order valence-electron chi connectivity index (χ2n) is 4.85. The van der Waals surface area contributed by atoms with Crippen LogP contribution in [0.2, 0.25) is 0 Å². The molecule has 1 aliphatic carbocycles. The molecule has 0 bridgehead atoms. The summed E-state index contributed by atoms with van der Waals surface area (Å²) >= 11 is 0. The Hall–Kier alpha value is -2.38. The van der Waals surface area contributed by atoms with E-state index >= 15 is 0 Å². The molecule has 1 heterocycles. The fourth-order valence-corrected chi connectivity index (χ4v) is 2.31. The van der Waals surface area contributed by atoms with Crippen LogP contribution in [0, 0.1) is 11.6 Å². The fraction of sp³-hybridized carbons (Fsp3) is 0.231. The normalized spacial score (nSPS) is 19.7. The molecule has 1 aromatic carbocycles. The number of aromatic nitrogens is 1. The maximum absolute atomic E-state index is 13.9. The van der Waals surface area contributed by atoms with Crippen molar-refractivity contribution in [3.8, 4) is 0 Å². The molecule has 1 unspecified atom stereocenters. The van der Waals surface area contributed by atoms with Crippen molar-refractivity contribution in [2.75, 3.05) is 0 Å². The van der Waals surface area contributed by atoms with Crippen LogP contribution >= 0.6 is 0 Å². The predicted octanol–water partition coefficient (Wildman–Crippen LogP) is 2.56. The van der Waals surface area contributed by atoms with Crippen LogP contribution < -0.4 is 5.43 Å². The number of benzene rings is 1. The molecule has 0 aliphatic heterocycles. The van der Waals surface area contributed by atoms with Crippen molar-refractivity contribution in [2.45, 2.75) is 18.4 Å². The number of nitrogens with zero attached hydrogens (tertiary/aromatic N) is 1. The summed E-state index contributed by atoms with van der Waals surface area (Å²) < 4.78 is 54.2. The van der Waals surface area contributed by atoms with Crippen LogP contribution in [0.15, 0.2) is 23.1 Å². The van der Waals surface area contributed by atoms with Gasteiger partial charge in [-0.05, 0) is 6.07 Å². The monoisotopic (exact) mass is 301 g/mol. The van der Waals surface area contributed by atoms with Gasteiger partial charge in [0.2, 0.25) is 5.43 Å². The highest BCUT2D eigenvalue weighted by molar-refractivity contribution is 5.92. The molecule has 1 atom stereocenters. The number of pyridine rings is 1. The molecule has 0 radical (unpaired) electrons. The maximum atomic E-state index is 13.9. The minimum Gasteiger partial charge on any atom is -0.477 e. The van der Waals surface area contributed by atoms with Gasteiger partial charge in [-0.3, -0.25) is 4.79 Å². The zero-order valence-corrected chi connectivity index (χ0v) is 10.2. The third-order valence-corrected chi connectivity index (χ3v) is 3.40. The first-order valence-electron chi connectivity index (χ1n) is 5.87. The van der Waals surface area contributed by atoms with Crippen LogP contribution in [0.4, 0.5) is 17.6 Å². The Kier molecular flexibility index (Phi) is 2.63. The topological polar surface area (TPSA) is 59.3 Å². The highest BCUT2D eigenvalue weighted by Crippen LogP contribution is 2.53. The minimum atomic E-state index is -3.11. The lowest BCUT2D eigenvalue weighted by molar-refractivity contribution is 0.0692. The van der Waals surface area contributed by atoms with E-state index in [0.717, 1.165) is 0 Å². The summed E-state index contributed by atoms with van der Waals surface area (Å²) in [5.41, 5.74) is -2.44. The predicted molar refractivity (Wildman–Crippen MR) is 63.7 cm³/mol. The first kappa shape index (κ1) is 13.6. The van der Waals surface area contributed by atoms with E-state index in [4.69, 9.17) is 5.11 Å². The Labute approximate surface area is 114 Å². The molecule has 2 aromatic rings. The van der Waals surface area contributed by atoms with Crippen LogP contribution in [0.1, 0.15) is 22.8 Å². The summed E-state index contributed by atoms with van der Waals surface area (Å²) in [7, 11) is 0. The molecule has 0 spiro atoms. The molecule has 0 amide bonds. The molecule has 1 saturated carbocycles. The highest BCUT2D eigenvalue weighted by atomic mass is 19.3. The van der Waals surface area contributed by atoms with Crippen molar-refractivity contribution in [1.29, 1.82) is 0 Å². The molecule has 8 heteroatoms. The standard InChI is InChI=1S/C13H7F4NO3/c14-5-1-6-10(8(15)2-5)18(9-3-13(9,16)17)4-7(11(6)19)12(20)21/h1-2,4,9H,3H2,(H,20,21). The lowest BCUT2D eigenvalue weighted by Gasteiger charge is -2.12. The van der Waals surface area contributed by atoms with E-state index in [1.165, 1.54) is 0 Å². The van der Waals surface area contributed by atoms with Gasteiger partial charge in [0, 0.05) is 18.7 Å². The van der Waals surface area contributed by atoms with Crippen LogP contribution in [0.3, 0.4) is 0 Å². The van der Waals surface area contributed by atoms with Crippen molar-refractivity contribution in [2.24, 2.45) is 0 Å². The maximum Gasteiger partial charge on any atom is 0.341 e. The zero-order valence-electron chi connectivity index (χ0n) is 10.2. The first-order valence-corrected chi connectivity index (χ1v) is 5.87. The number of aromatic carboxylic acids is 1. The van der Waals surface area contributed by atoms with Crippen LogP contribution in [0.5, 0.6) is 0 Å². The molecule has 110 valence electrons. The van der Waals surface area contributed by atoms with Gasteiger partial charge in [-0.1, -0.05) is 0 Å². The largest absolute Gasteiger partial charge is 0.477 e. The molecule has 21 heavy (non-hydrogen) atoms. The van der Waals surface area contributed by atoms with Gasteiger partial charge in [0.1, 0.15) is 17.4 Å². The Morgan fingerprint density at radius 1 is 1.33 bits per heavy atom. The van der Waals surface area contributed by atoms with Gasteiger partial charge in [0.15, 0.2) is 5.82 Å². The second kappa shape index (κ2) is 4.06. The Morgan fingerprint density at radius 3 is 2.48 bits per heavy atom. The fourth-order valence-electron chi connectivity index (χ4n) is 2.31. The molecular formula is C13H7F4NO3. The quantitative estimate of drug-likeness (QED) is 0.867. The summed E-state index contributed by atoms with van der Waals surface area (Å²) in [5.74, 6) is -7.04. The van der Waals surface area contributed by atoms with Crippen molar-refractivity contribution in [3.63, 3.8) is 0 Å². The van der Waals surface area contributed by atoms with Gasteiger partial charge in [0.05, 0.1) is 10.9 Å². The molecule has 0 saturated heterocycles. The van der Waals surface area contributed by atoms with E-state index in [1.54, 1.807) is 0 Å². The molecule has 1 aromatic heterocycles. The summed E-state index contributed by atoms with van der Waals surface area (Å²) in [6, 6.07) is -0.345. The Balaban J connectivity index is 2.43. The van der Waals surface area contributed by atoms with Crippen LogP contribution in [0.25, 0.3) is 10.9 Å². The molecular weight excluding hydrogens is 294 g/mol. The SMILES string of the molecule is O=C(O)c1cn(C2CC2(F)F)c2c(F)cc(F)cc2c1=O. The third kappa shape index (κ3) is 1.98. The molecule has 1 fully saturated rings. The number of rotatable bonds is 2. The minimum absolute atomic E-state index is 0.458. The van der Waals surface area contributed by atoms with Gasteiger partial charge >= 0.3 is 5.97 Å². The van der Waals surface area contributed by atoms with Gasteiger partial charge in [0.25, 0.3) is 5.92 Å².